The van der Waals surface area contributed by atoms with Crippen LogP contribution in [-0.2, 0) is 10.5 Å². The van der Waals surface area contributed by atoms with Gasteiger partial charge in [0.25, 0.3) is 5.91 Å². The molecule has 1 N–H and O–H groups in total. The molecule has 1 atom stereocenters. The fraction of sp³-hybridized carbons (Fsp3) is 0.176. The molecule has 1 aromatic heterocycles. The van der Waals surface area contributed by atoms with E-state index in [1.54, 1.807) is 0 Å². The van der Waals surface area contributed by atoms with E-state index in [2.05, 4.69) is 11.6 Å². The van der Waals surface area contributed by atoms with Crippen molar-refractivity contribution in [1.82, 2.24) is 4.98 Å². The summed E-state index contributed by atoms with van der Waals surface area (Å²) in [6, 6.07) is 4.35. The second-order valence-corrected chi connectivity index (χ2v) is 5.48. The summed E-state index contributed by atoms with van der Waals surface area (Å²) < 4.78 is 55.2. The summed E-state index contributed by atoms with van der Waals surface area (Å²) in [6.07, 6.45) is 1.43. The Hall–Kier alpha value is -2.70. The second kappa shape index (κ2) is 5.74. The Morgan fingerprint density at radius 3 is 2.71 bits per heavy atom. The second-order valence-electron chi connectivity index (χ2n) is 5.48. The Kier molecular flexibility index (Phi) is 3.87. The van der Waals surface area contributed by atoms with Crippen molar-refractivity contribution in [1.29, 1.82) is 0 Å². The number of aromatic nitrogens is 1. The molecule has 3 rings (SSSR count). The van der Waals surface area contributed by atoms with Gasteiger partial charge in [0.15, 0.2) is 17.5 Å². The van der Waals surface area contributed by atoms with Crippen molar-refractivity contribution in [2.75, 3.05) is 5.32 Å². The van der Waals surface area contributed by atoms with Crippen LogP contribution in [0.1, 0.15) is 24.1 Å². The molecule has 0 saturated heterocycles. The first-order valence-corrected chi connectivity index (χ1v) is 7.12. The molecule has 0 fully saturated rings. The van der Waals surface area contributed by atoms with Crippen molar-refractivity contribution in [3.63, 3.8) is 0 Å². The molecule has 0 radical (unpaired) electrons. The lowest BCUT2D eigenvalue weighted by atomic mass is 9.80. The van der Waals surface area contributed by atoms with Crippen LogP contribution in [0.25, 0.3) is 5.57 Å². The topological polar surface area (TPSA) is 42.0 Å². The zero-order valence-electron chi connectivity index (χ0n) is 12.4. The largest absolute Gasteiger partial charge is 0.320 e. The minimum Gasteiger partial charge on any atom is -0.320 e. The molecule has 0 saturated carbocycles. The van der Waals surface area contributed by atoms with Crippen LogP contribution in [0, 0.1) is 17.5 Å². The van der Waals surface area contributed by atoms with Crippen molar-refractivity contribution in [2.24, 2.45) is 0 Å². The molecule has 0 spiro atoms. The van der Waals surface area contributed by atoms with E-state index in [0.717, 1.165) is 6.07 Å². The van der Waals surface area contributed by atoms with E-state index in [-0.39, 0.29) is 24.1 Å². The fourth-order valence-corrected chi connectivity index (χ4v) is 2.66. The van der Waals surface area contributed by atoms with Crippen molar-refractivity contribution in [2.45, 2.75) is 18.5 Å². The molecule has 7 heteroatoms. The lowest BCUT2D eigenvalue weighted by Crippen LogP contribution is -2.39. The molecule has 3 nitrogen and oxygen atoms in total. The highest BCUT2D eigenvalue weighted by atomic mass is 19.2. The molecule has 1 aliphatic rings. The molecule has 1 aliphatic carbocycles. The average Bonchev–Trinajstić information content (AvgIpc) is 2.59. The quantitative estimate of drug-likeness (QED) is 0.662. The number of fused-ring (bicyclic) bond motifs is 1. The molecule has 2 aromatic rings. The summed E-state index contributed by atoms with van der Waals surface area (Å²) in [4.78, 5) is 16.4. The predicted molar refractivity (Wildman–Crippen MR) is 80.2 cm³/mol. The number of nitrogens with zero attached hydrogens (tertiary/aromatic N) is 1. The summed E-state index contributed by atoms with van der Waals surface area (Å²) in [5.41, 5.74) is -2.23. The maximum Gasteiger partial charge on any atom is 0.266 e. The Bertz CT molecular complexity index is 852. The summed E-state index contributed by atoms with van der Waals surface area (Å²) in [7, 11) is 0. The molecule has 0 bridgehead atoms. The van der Waals surface area contributed by atoms with Gasteiger partial charge >= 0.3 is 0 Å². The number of halogens is 4. The number of alkyl halides is 1. The Morgan fingerprint density at radius 1 is 1.21 bits per heavy atom. The molecule has 0 aliphatic heterocycles. The number of amides is 1. The zero-order valence-corrected chi connectivity index (χ0v) is 12.4. The lowest BCUT2D eigenvalue weighted by molar-refractivity contribution is -0.128. The van der Waals surface area contributed by atoms with Gasteiger partial charge in [-0.1, -0.05) is 12.6 Å². The summed E-state index contributed by atoms with van der Waals surface area (Å²) in [5, 5.41) is 1.99. The summed E-state index contributed by atoms with van der Waals surface area (Å²) >= 11 is 0. The van der Waals surface area contributed by atoms with Crippen molar-refractivity contribution in [3.05, 3.63) is 65.8 Å². The van der Waals surface area contributed by atoms with Gasteiger partial charge in [-0.15, -0.1) is 0 Å². The number of nitrogens with one attached hydrogen (secondary N) is 1. The number of hydrogen-bond acceptors (Lipinski definition) is 2. The third-order valence-corrected chi connectivity index (χ3v) is 3.98. The van der Waals surface area contributed by atoms with Gasteiger partial charge in [-0.05, 0) is 36.6 Å². The first-order chi connectivity index (χ1) is 11.3. The monoisotopic (exact) mass is 336 g/mol. The Balaban J connectivity index is 1.98. The first-order valence-electron chi connectivity index (χ1n) is 7.12. The number of carbonyl (C=O) groups excluding carboxylic acids is 1. The number of anilines is 1. The normalized spacial score (nSPS) is 19.8. The van der Waals surface area contributed by atoms with Crippen LogP contribution in [0.15, 0.2) is 37.0 Å². The van der Waals surface area contributed by atoms with Crippen molar-refractivity contribution >= 4 is 17.2 Å². The zero-order chi connectivity index (χ0) is 17.5. The van der Waals surface area contributed by atoms with E-state index in [4.69, 9.17) is 0 Å². The standard InChI is InChI=1S/C17H12F4N2O/c1-9-6-7-17(21,10-3-2-8-22-15(9)10)16(24)23-12-5-4-11(18)13(19)14(12)20/h2-5,8H,1,6-7H2,(H,23,24)/t17-/m0/s1. The van der Waals surface area contributed by atoms with Crippen LogP contribution >= 0.6 is 0 Å². The predicted octanol–water partition coefficient (Wildman–Crippen LogP) is 4.11. The number of benzene rings is 1. The Morgan fingerprint density at radius 2 is 1.96 bits per heavy atom. The molecule has 1 amide bonds. The third kappa shape index (κ3) is 2.46. The maximum absolute atomic E-state index is 15.3. The molecular formula is C17H12F4N2O. The SMILES string of the molecule is C=C1CC[C@@](F)(C(=O)Nc2ccc(F)c(F)c2F)c2cccnc21. The Labute approximate surface area is 135 Å². The van der Waals surface area contributed by atoms with Gasteiger partial charge in [-0.25, -0.2) is 17.6 Å². The number of allylic oxidation sites excluding steroid dienone is 1. The highest BCUT2D eigenvalue weighted by molar-refractivity contribution is 5.99. The number of carbonyl (C=O) groups is 1. The summed E-state index contributed by atoms with van der Waals surface area (Å²) in [5.74, 6) is -5.89. The first kappa shape index (κ1) is 16.2. The van der Waals surface area contributed by atoms with Crippen LogP contribution in [0.4, 0.5) is 23.2 Å². The summed E-state index contributed by atoms with van der Waals surface area (Å²) in [6.45, 7) is 3.79. The van der Waals surface area contributed by atoms with Gasteiger partial charge < -0.3 is 5.32 Å². The molecule has 1 aromatic carbocycles. The van der Waals surface area contributed by atoms with Crippen LogP contribution in [-0.4, -0.2) is 10.9 Å². The highest BCUT2D eigenvalue weighted by Crippen LogP contribution is 2.42. The van der Waals surface area contributed by atoms with E-state index < -0.39 is 34.7 Å². The van der Waals surface area contributed by atoms with E-state index in [0.29, 0.717) is 11.6 Å². The number of pyridine rings is 1. The molecular weight excluding hydrogens is 324 g/mol. The van der Waals surface area contributed by atoms with Crippen molar-refractivity contribution < 1.29 is 22.4 Å². The number of hydrogen-bond donors (Lipinski definition) is 1. The van der Waals surface area contributed by atoms with Crippen LogP contribution in [0.5, 0.6) is 0 Å². The molecule has 0 unspecified atom stereocenters. The van der Waals surface area contributed by atoms with Crippen LogP contribution < -0.4 is 5.32 Å². The van der Waals surface area contributed by atoms with Crippen LogP contribution in [0.2, 0.25) is 0 Å². The van der Waals surface area contributed by atoms with Gasteiger partial charge in [-0.3, -0.25) is 9.78 Å². The highest BCUT2D eigenvalue weighted by Gasteiger charge is 2.45. The molecule has 1 heterocycles. The molecule has 24 heavy (non-hydrogen) atoms. The number of rotatable bonds is 2. The minimum absolute atomic E-state index is 0.0155. The van der Waals surface area contributed by atoms with Gasteiger partial charge in [0.05, 0.1) is 11.4 Å². The van der Waals surface area contributed by atoms with Gasteiger partial charge in [0.2, 0.25) is 5.67 Å². The lowest BCUT2D eigenvalue weighted by Gasteiger charge is -2.31. The van der Waals surface area contributed by atoms with Gasteiger partial charge in [0.1, 0.15) is 0 Å². The van der Waals surface area contributed by atoms with Crippen molar-refractivity contribution in [3.8, 4) is 0 Å². The van der Waals surface area contributed by atoms with Gasteiger partial charge in [-0.2, -0.15) is 0 Å². The van der Waals surface area contributed by atoms with E-state index >= 15 is 4.39 Å². The van der Waals surface area contributed by atoms with Gasteiger partial charge in [0, 0.05) is 11.8 Å². The van der Waals surface area contributed by atoms with Crippen LogP contribution in [0.3, 0.4) is 0 Å². The van der Waals surface area contributed by atoms with E-state index in [1.807, 2.05) is 5.32 Å². The van der Waals surface area contributed by atoms with E-state index in [9.17, 15) is 18.0 Å². The third-order valence-electron chi connectivity index (χ3n) is 3.98. The molecule has 124 valence electrons. The average molecular weight is 336 g/mol. The smallest absolute Gasteiger partial charge is 0.266 e. The minimum atomic E-state index is -2.47. The fourth-order valence-electron chi connectivity index (χ4n) is 2.66. The van der Waals surface area contributed by atoms with E-state index in [1.165, 1.54) is 18.3 Å². The maximum atomic E-state index is 15.3.